The lowest BCUT2D eigenvalue weighted by Crippen LogP contribution is -2.05. The van der Waals surface area contributed by atoms with Gasteiger partial charge in [-0.25, -0.2) is 0 Å². The van der Waals surface area contributed by atoms with Crippen molar-refractivity contribution in [3.8, 4) is 0 Å². The molecule has 1 aromatic carbocycles. The zero-order valence-electron chi connectivity index (χ0n) is 9.73. The third kappa shape index (κ3) is 3.83. The average molecular weight is 233 g/mol. The van der Waals surface area contributed by atoms with Gasteiger partial charge in [-0.05, 0) is 31.5 Å². The summed E-state index contributed by atoms with van der Waals surface area (Å²) in [5.74, 6) is -0.136. The van der Waals surface area contributed by atoms with Gasteiger partial charge in [-0.3, -0.25) is 9.59 Å². The number of aldehydes is 2. The summed E-state index contributed by atoms with van der Waals surface area (Å²) in [4.78, 5) is 32.2. The number of rotatable bonds is 7. The number of anilines is 1. The second kappa shape index (κ2) is 6.58. The van der Waals surface area contributed by atoms with Gasteiger partial charge in [-0.2, -0.15) is 0 Å². The van der Waals surface area contributed by atoms with Crippen LogP contribution in [0.15, 0.2) is 18.2 Å². The molecule has 0 aliphatic carbocycles. The van der Waals surface area contributed by atoms with Crippen LogP contribution in [0.3, 0.4) is 0 Å². The van der Waals surface area contributed by atoms with Crippen molar-refractivity contribution in [2.75, 3.05) is 11.9 Å². The maximum atomic E-state index is 11.3. The number of carbonyl (C=O) groups is 3. The number of nitrogens with one attached hydrogen (secondary N) is 1. The van der Waals surface area contributed by atoms with Crippen LogP contribution in [0.1, 0.15) is 40.5 Å². The van der Waals surface area contributed by atoms with Crippen LogP contribution in [0.4, 0.5) is 5.69 Å². The summed E-state index contributed by atoms with van der Waals surface area (Å²) in [6.07, 6.45) is 2.80. The van der Waals surface area contributed by atoms with E-state index in [1.165, 1.54) is 6.92 Å². The van der Waals surface area contributed by atoms with Gasteiger partial charge in [0.1, 0.15) is 6.29 Å². The minimum Gasteiger partial charge on any atom is -0.385 e. The molecule has 1 aromatic rings. The third-order valence-corrected chi connectivity index (χ3v) is 2.39. The number of unbranched alkanes of at least 4 members (excludes halogenated alkanes) is 1. The molecule has 0 amide bonds. The molecule has 4 heteroatoms. The van der Waals surface area contributed by atoms with Gasteiger partial charge in [-0.1, -0.05) is 0 Å². The first-order valence-electron chi connectivity index (χ1n) is 5.46. The van der Waals surface area contributed by atoms with E-state index < -0.39 is 0 Å². The summed E-state index contributed by atoms with van der Waals surface area (Å²) in [6.45, 7) is 2.09. The third-order valence-electron chi connectivity index (χ3n) is 2.39. The second-order valence-corrected chi connectivity index (χ2v) is 3.71. The molecule has 0 fully saturated rings. The molecule has 0 aliphatic heterocycles. The Bertz CT molecular complexity index is 427. The maximum Gasteiger partial charge on any atom is 0.160 e. The van der Waals surface area contributed by atoms with Gasteiger partial charge in [0.05, 0.1) is 0 Å². The van der Waals surface area contributed by atoms with Gasteiger partial charge in [-0.15, -0.1) is 0 Å². The number of ketones is 1. The monoisotopic (exact) mass is 233 g/mol. The summed E-state index contributed by atoms with van der Waals surface area (Å²) in [7, 11) is 0. The molecule has 0 radical (unpaired) electrons. The molecule has 0 saturated carbocycles. The van der Waals surface area contributed by atoms with Gasteiger partial charge in [0.15, 0.2) is 12.1 Å². The first-order chi connectivity index (χ1) is 8.19. The lowest BCUT2D eigenvalue weighted by Gasteiger charge is -2.08. The molecular weight excluding hydrogens is 218 g/mol. The number of Topliss-reactive ketones (excluding diaryl/α,β-unsaturated/α-hetero) is 1. The van der Waals surface area contributed by atoms with Gasteiger partial charge in [0.2, 0.25) is 0 Å². The van der Waals surface area contributed by atoms with E-state index in [0.29, 0.717) is 30.4 Å². The molecular formula is C13H15NO3. The Morgan fingerprint density at radius 1 is 1.35 bits per heavy atom. The Morgan fingerprint density at radius 2 is 2.12 bits per heavy atom. The zero-order chi connectivity index (χ0) is 12.7. The van der Waals surface area contributed by atoms with E-state index in [1.807, 2.05) is 0 Å². The Balaban J connectivity index is 2.74. The summed E-state index contributed by atoms with van der Waals surface area (Å²) >= 11 is 0. The molecule has 4 nitrogen and oxygen atoms in total. The minimum atomic E-state index is -0.136. The molecule has 0 bridgehead atoms. The first kappa shape index (κ1) is 13.1. The second-order valence-electron chi connectivity index (χ2n) is 3.71. The SMILES string of the molecule is CC(=O)c1cc(NCCCC=O)ccc1C=O. The molecule has 0 aromatic heterocycles. The minimum absolute atomic E-state index is 0.136. The molecule has 17 heavy (non-hydrogen) atoms. The highest BCUT2D eigenvalue weighted by atomic mass is 16.1. The standard InChI is InChI=1S/C13H15NO3/c1-10(17)13-8-12(5-4-11(13)9-16)14-6-2-3-7-15/h4-5,7-9,14H,2-3,6H2,1H3. The van der Waals surface area contributed by atoms with Crippen molar-refractivity contribution in [3.63, 3.8) is 0 Å². The number of hydrogen-bond donors (Lipinski definition) is 1. The fourth-order valence-corrected chi connectivity index (χ4v) is 1.49. The molecule has 0 saturated heterocycles. The largest absolute Gasteiger partial charge is 0.385 e. The molecule has 0 atom stereocenters. The fraction of sp³-hybridized carbons (Fsp3) is 0.308. The van der Waals surface area contributed by atoms with Crippen LogP contribution < -0.4 is 5.32 Å². The van der Waals surface area contributed by atoms with Crippen molar-refractivity contribution in [1.82, 2.24) is 0 Å². The van der Waals surface area contributed by atoms with Crippen molar-refractivity contribution in [2.45, 2.75) is 19.8 Å². The number of carbonyl (C=O) groups excluding carboxylic acids is 3. The van der Waals surface area contributed by atoms with Gasteiger partial charge in [0.25, 0.3) is 0 Å². The zero-order valence-corrected chi connectivity index (χ0v) is 9.73. The molecule has 0 spiro atoms. The molecule has 0 unspecified atom stereocenters. The van der Waals surface area contributed by atoms with Crippen molar-refractivity contribution < 1.29 is 14.4 Å². The summed E-state index contributed by atoms with van der Waals surface area (Å²) in [5, 5.41) is 3.10. The first-order valence-corrected chi connectivity index (χ1v) is 5.46. The number of benzene rings is 1. The highest BCUT2D eigenvalue weighted by Gasteiger charge is 2.07. The normalized spacial score (nSPS) is 9.71. The predicted molar refractivity (Wildman–Crippen MR) is 65.6 cm³/mol. The maximum absolute atomic E-state index is 11.3. The van der Waals surface area contributed by atoms with Crippen LogP contribution in [0.2, 0.25) is 0 Å². The topological polar surface area (TPSA) is 63.2 Å². The highest BCUT2D eigenvalue weighted by Crippen LogP contribution is 2.15. The Hall–Kier alpha value is -1.97. The van der Waals surface area contributed by atoms with Gasteiger partial charge in [0, 0.05) is 29.8 Å². The molecule has 0 heterocycles. The van der Waals surface area contributed by atoms with Crippen LogP contribution >= 0.6 is 0 Å². The lowest BCUT2D eigenvalue weighted by atomic mass is 10.0. The van der Waals surface area contributed by atoms with Crippen LogP contribution in [0, 0.1) is 0 Å². The Morgan fingerprint density at radius 3 is 2.71 bits per heavy atom. The van der Waals surface area contributed by atoms with Crippen LogP contribution in [-0.4, -0.2) is 24.9 Å². The Kier molecular flexibility index (Phi) is 5.07. The van der Waals surface area contributed by atoms with Crippen molar-refractivity contribution >= 4 is 24.0 Å². The summed E-state index contributed by atoms with van der Waals surface area (Å²) < 4.78 is 0. The summed E-state index contributed by atoms with van der Waals surface area (Å²) in [6, 6.07) is 5.02. The highest BCUT2D eigenvalue weighted by molar-refractivity contribution is 6.02. The molecule has 1 rings (SSSR count). The Labute approximate surface area is 100 Å². The van der Waals surface area contributed by atoms with E-state index in [0.717, 1.165) is 18.4 Å². The van der Waals surface area contributed by atoms with Gasteiger partial charge >= 0.3 is 0 Å². The van der Waals surface area contributed by atoms with Crippen molar-refractivity contribution in [3.05, 3.63) is 29.3 Å². The fourth-order valence-electron chi connectivity index (χ4n) is 1.49. The van der Waals surface area contributed by atoms with E-state index in [4.69, 9.17) is 0 Å². The van der Waals surface area contributed by atoms with E-state index in [2.05, 4.69) is 5.32 Å². The number of hydrogen-bond acceptors (Lipinski definition) is 4. The van der Waals surface area contributed by atoms with Crippen molar-refractivity contribution in [1.29, 1.82) is 0 Å². The molecule has 90 valence electrons. The van der Waals surface area contributed by atoms with Crippen LogP contribution in [0.25, 0.3) is 0 Å². The van der Waals surface area contributed by atoms with E-state index >= 15 is 0 Å². The van der Waals surface area contributed by atoms with E-state index in [1.54, 1.807) is 18.2 Å². The van der Waals surface area contributed by atoms with Crippen LogP contribution in [0.5, 0.6) is 0 Å². The van der Waals surface area contributed by atoms with Gasteiger partial charge < -0.3 is 10.1 Å². The smallest absolute Gasteiger partial charge is 0.160 e. The lowest BCUT2D eigenvalue weighted by molar-refractivity contribution is -0.107. The van der Waals surface area contributed by atoms with E-state index in [9.17, 15) is 14.4 Å². The van der Waals surface area contributed by atoms with Crippen LogP contribution in [-0.2, 0) is 4.79 Å². The average Bonchev–Trinajstić information content (AvgIpc) is 2.34. The predicted octanol–water partition coefficient (Wildman–Crippen LogP) is 2.09. The quantitative estimate of drug-likeness (QED) is 0.445. The summed E-state index contributed by atoms with van der Waals surface area (Å²) in [5.41, 5.74) is 1.60. The molecule has 1 N–H and O–H groups in total. The molecule has 0 aliphatic rings. The van der Waals surface area contributed by atoms with E-state index in [-0.39, 0.29) is 5.78 Å². The van der Waals surface area contributed by atoms with Crippen molar-refractivity contribution in [2.24, 2.45) is 0 Å².